The molecule has 44 heavy (non-hydrogen) atoms. The number of halogens is 1. The number of β-amino-alcohol motifs (C(OH)–C–C–N with tert-alkyl or cyclic N) is 1. The van der Waals surface area contributed by atoms with Gasteiger partial charge in [-0.15, -0.1) is 4.72 Å². The molecule has 0 bridgehead atoms. The second kappa shape index (κ2) is 12.9. The lowest BCUT2D eigenvalue weighted by molar-refractivity contribution is -0.120. The van der Waals surface area contributed by atoms with Crippen LogP contribution in [0.5, 0.6) is 0 Å². The van der Waals surface area contributed by atoms with E-state index in [1.807, 2.05) is 39.0 Å². The van der Waals surface area contributed by atoms with Crippen molar-refractivity contribution in [3.63, 3.8) is 0 Å². The molecule has 1 saturated heterocycles. The SMILES string of the molecule is CCC1(O)C[C@H](C(=O)Nc2cc(C(CCC3CC3)(N[S+]([O-])C(C)(C)C)c3ccccn3)ccc2F)N(C(=O)OC(C)(C)C)C1. The molecule has 4 rings (SSSR count). The minimum Gasteiger partial charge on any atom is -0.598 e. The monoisotopic (exact) mass is 630 g/mol. The lowest BCUT2D eigenvalue weighted by atomic mass is 9.82. The van der Waals surface area contributed by atoms with Gasteiger partial charge >= 0.3 is 6.09 Å². The fraction of sp³-hybridized carbons (Fsp3) is 0.606. The molecule has 3 N–H and O–H groups in total. The summed E-state index contributed by atoms with van der Waals surface area (Å²) < 4.78 is 37.3. The smallest absolute Gasteiger partial charge is 0.411 e. The molecular formula is C33H47FN4O5S. The number of hydrogen-bond donors (Lipinski definition) is 3. The van der Waals surface area contributed by atoms with E-state index in [4.69, 9.17) is 4.74 Å². The third-order valence-corrected chi connectivity index (χ3v) is 9.92. The van der Waals surface area contributed by atoms with E-state index in [9.17, 15) is 19.2 Å². The maximum atomic E-state index is 15.4. The number of benzene rings is 1. The summed E-state index contributed by atoms with van der Waals surface area (Å²) in [6.45, 7) is 12.5. The van der Waals surface area contributed by atoms with E-state index in [0.717, 1.165) is 19.3 Å². The number of nitrogens with one attached hydrogen (secondary N) is 2. The molecule has 0 radical (unpaired) electrons. The number of carbonyl (C=O) groups excluding carboxylic acids is 2. The summed E-state index contributed by atoms with van der Waals surface area (Å²) in [5.41, 5.74) is -1.96. The number of pyridine rings is 1. The average molecular weight is 631 g/mol. The zero-order chi connectivity index (χ0) is 32.5. The van der Waals surface area contributed by atoms with Crippen molar-refractivity contribution in [2.45, 2.75) is 115 Å². The number of hydrogen-bond acceptors (Lipinski definition) is 7. The topological polar surface area (TPSA) is 127 Å². The summed E-state index contributed by atoms with van der Waals surface area (Å²) in [5.74, 6) is -0.742. The van der Waals surface area contributed by atoms with Gasteiger partial charge in [0.1, 0.15) is 27.7 Å². The number of amides is 2. The van der Waals surface area contributed by atoms with E-state index in [1.165, 1.54) is 11.0 Å². The van der Waals surface area contributed by atoms with Gasteiger partial charge in [0, 0.05) is 24.0 Å². The Morgan fingerprint density at radius 1 is 1.18 bits per heavy atom. The van der Waals surface area contributed by atoms with Crippen molar-refractivity contribution in [1.82, 2.24) is 14.6 Å². The van der Waals surface area contributed by atoms with Crippen LogP contribution in [-0.2, 0) is 26.4 Å². The van der Waals surface area contributed by atoms with Gasteiger partial charge in [-0.3, -0.25) is 14.7 Å². The van der Waals surface area contributed by atoms with E-state index >= 15 is 4.39 Å². The van der Waals surface area contributed by atoms with Crippen molar-refractivity contribution in [2.24, 2.45) is 5.92 Å². The van der Waals surface area contributed by atoms with Crippen LogP contribution in [0.4, 0.5) is 14.9 Å². The van der Waals surface area contributed by atoms with Gasteiger partial charge in [-0.2, -0.15) is 0 Å². The Morgan fingerprint density at radius 3 is 2.45 bits per heavy atom. The van der Waals surface area contributed by atoms with E-state index in [0.29, 0.717) is 30.0 Å². The Balaban J connectivity index is 1.72. The molecule has 2 aliphatic rings. The zero-order valence-electron chi connectivity index (χ0n) is 26.9. The van der Waals surface area contributed by atoms with Crippen LogP contribution in [0, 0.1) is 11.7 Å². The summed E-state index contributed by atoms with van der Waals surface area (Å²) in [5, 5.41) is 13.7. The number of likely N-dealkylation sites (tertiary alicyclic amines) is 1. The second-order valence-corrected chi connectivity index (χ2v) is 16.1. The number of aliphatic hydroxyl groups is 1. The van der Waals surface area contributed by atoms with Crippen LogP contribution in [0.2, 0.25) is 0 Å². The number of carbonyl (C=O) groups is 2. The highest BCUT2D eigenvalue weighted by molar-refractivity contribution is 7.90. The van der Waals surface area contributed by atoms with Gasteiger partial charge in [-0.05, 0) is 96.6 Å². The lowest BCUT2D eigenvalue weighted by Crippen LogP contribution is -2.52. The molecule has 2 heterocycles. The highest BCUT2D eigenvalue weighted by Crippen LogP contribution is 2.42. The zero-order valence-corrected chi connectivity index (χ0v) is 27.7. The molecule has 3 unspecified atom stereocenters. The largest absolute Gasteiger partial charge is 0.598 e. The summed E-state index contributed by atoms with van der Waals surface area (Å²) in [7, 11) is 0. The number of nitrogens with zero attached hydrogens (tertiary/aromatic N) is 2. The van der Waals surface area contributed by atoms with Crippen molar-refractivity contribution in [2.75, 3.05) is 11.9 Å². The van der Waals surface area contributed by atoms with Crippen LogP contribution in [0.3, 0.4) is 0 Å². The van der Waals surface area contributed by atoms with Gasteiger partial charge in [0.05, 0.1) is 23.5 Å². The maximum absolute atomic E-state index is 15.4. The van der Waals surface area contributed by atoms with Crippen molar-refractivity contribution < 1.29 is 28.4 Å². The van der Waals surface area contributed by atoms with Gasteiger partial charge in [-0.25, -0.2) is 9.18 Å². The predicted molar refractivity (Wildman–Crippen MR) is 170 cm³/mol. The lowest BCUT2D eigenvalue weighted by Gasteiger charge is -2.38. The predicted octanol–water partition coefficient (Wildman–Crippen LogP) is 5.80. The Kier molecular flexibility index (Phi) is 10.0. The number of rotatable bonds is 10. The summed E-state index contributed by atoms with van der Waals surface area (Å²) in [4.78, 5) is 32.6. The van der Waals surface area contributed by atoms with Gasteiger partial charge in [-0.1, -0.05) is 31.9 Å². The Labute approximate surface area is 263 Å². The van der Waals surface area contributed by atoms with Crippen LogP contribution in [0.25, 0.3) is 0 Å². The summed E-state index contributed by atoms with van der Waals surface area (Å²) in [6.07, 6.45) is 4.94. The van der Waals surface area contributed by atoms with Crippen LogP contribution in [0.15, 0.2) is 42.6 Å². The van der Waals surface area contributed by atoms with Crippen molar-refractivity contribution >= 4 is 29.0 Å². The number of anilines is 1. The van der Waals surface area contributed by atoms with Crippen molar-refractivity contribution in [1.29, 1.82) is 0 Å². The third-order valence-electron chi connectivity index (χ3n) is 8.27. The van der Waals surface area contributed by atoms with Gasteiger partial charge in [0.2, 0.25) is 5.91 Å². The molecular weight excluding hydrogens is 583 g/mol. The number of ether oxygens (including phenoxy) is 1. The Bertz CT molecular complexity index is 1330. The highest BCUT2D eigenvalue weighted by atomic mass is 32.2. The molecule has 0 spiro atoms. The molecule has 1 aromatic heterocycles. The van der Waals surface area contributed by atoms with E-state index < -0.39 is 56.7 Å². The highest BCUT2D eigenvalue weighted by Gasteiger charge is 2.49. The molecule has 4 atom stereocenters. The molecule has 1 aromatic carbocycles. The van der Waals surface area contributed by atoms with Crippen LogP contribution in [-0.4, -0.2) is 60.1 Å². The van der Waals surface area contributed by atoms with Crippen LogP contribution < -0.4 is 10.0 Å². The van der Waals surface area contributed by atoms with Gasteiger partial charge < -0.3 is 19.7 Å². The van der Waals surface area contributed by atoms with E-state index in [-0.39, 0.29) is 18.7 Å². The number of aromatic nitrogens is 1. The first-order chi connectivity index (χ1) is 20.5. The molecule has 2 amide bonds. The molecule has 2 fully saturated rings. The second-order valence-electron chi connectivity index (χ2n) is 14.2. The molecule has 2 aromatic rings. The minimum absolute atomic E-state index is 0.0126. The van der Waals surface area contributed by atoms with Gasteiger partial charge in [0.15, 0.2) is 0 Å². The fourth-order valence-electron chi connectivity index (χ4n) is 5.40. The standard InChI is InChI=1S/C33H47FN4O5S/c1-8-32(41)20-26(38(21-32)29(40)43-30(2,3)4)28(39)36-25-19-23(14-15-24(25)34)33(17-16-22-12-13-22,27-11-9-10-18-35-27)37-44(42)31(5,6)7/h9-11,14-15,18-19,22,26,37,41H,8,12-13,16-17,20-21H2,1-7H3,(H,36,39)/t26-,32?,33?,44?/m1/s1. The maximum Gasteiger partial charge on any atom is 0.411 e. The van der Waals surface area contributed by atoms with E-state index in [1.54, 1.807) is 46.0 Å². The summed E-state index contributed by atoms with van der Waals surface area (Å²) in [6, 6.07) is 8.94. The molecule has 242 valence electrons. The quantitative estimate of drug-likeness (QED) is 0.284. The molecule has 1 aliphatic carbocycles. The first-order valence-electron chi connectivity index (χ1n) is 15.4. The van der Waals surface area contributed by atoms with Gasteiger partial charge in [0.25, 0.3) is 0 Å². The Hall–Kier alpha value is -2.73. The fourth-order valence-corrected chi connectivity index (χ4v) is 6.35. The first kappa shape index (κ1) is 34.1. The van der Waals surface area contributed by atoms with Crippen LogP contribution in [0.1, 0.15) is 98.2 Å². The third kappa shape index (κ3) is 8.10. The van der Waals surface area contributed by atoms with Crippen LogP contribution >= 0.6 is 0 Å². The first-order valence-corrected chi connectivity index (χ1v) is 16.6. The Morgan fingerprint density at radius 2 is 1.89 bits per heavy atom. The molecule has 11 heteroatoms. The molecule has 9 nitrogen and oxygen atoms in total. The van der Waals surface area contributed by atoms with Crippen molar-refractivity contribution in [3.8, 4) is 0 Å². The molecule has 1 aliphatic heterocycles. The molecule has 1 saturated carbocycles. The average Bonchev–Trinajstić information content (AvgIpc) is 3.71. The van der Waals surface area contributed by atoms with Crippen molar-refractivity contribution in [3.05, 3.63) is 59.7 Å². The minimum atomic E-state index is -1.51. The summed E-state index contributed by atoms with van der Waals surface area (Å²) >= 11 is -1.51. The van der Waals surface area contributed by atoms with E-state index in [2.05, 4.69) is 15.0 Å². The normalized spacial score (nSPS) is 22.8.